The number of alkyl halides is 1. The molecule has 0 aliphatic carbocycles. The minimum Gasteiger partial charge on any atom is -0.481 e. The lowest BCUT2D eigenvalue weighted by Gasteiger charge is -2.07. The van der Waals surface area contributed by atoms with Crippen LogP contribution in [0.15, 0.2) is 18.3 Å². The summed E-state index contributed by atoms with van der Waals surface area (Å²) in [5.41, 5.74) is 3.81. The summed E-state index contributed by atoms with van der Waals surface area (Å²) in [6, 6.07) is 3.69. The number of imidazole rings is 1. The maximum atomic E-state index is 6.03. The Morgan fingerprint density at radius 1 is 1.29 bits per heavy atom. The van der Waals surface area contributed by atoms with Gasteiger partial charge in [-0.05, 0) is 13.0 Å². The highest BCUT2D eigenvalue weighted by Crippen LogP contribution is 2.21. The maximum absolute atomic E-state index is 6.03. The van der Waals surface area contributed by atoms with Crippen molar-refractivity contribution in [2.24, 2.45) is 7.05 Å². The smallest absolute Gasteiger partial charge is 0.215 e. The van der Waals surface area contributed by atoms with Gasteiger partial charge in [0.1, 0.15) is 11.3 Å². The maximum Gasteiger partial charge on any atom is 0.215 e. The van der Waals surface area contributed by atoms with E-state index in [1.807, 2.05) is 35.5 Å². The number of halogens is 1. The van der Waals surface area contributed by atoms with Gasteiger partial charge in [0.2, 0.25) is 5.88 Å². The van der Waals surface area contributed by atoms with Gasteiger partial charge in [0, 0.05) is 24.4 Å². The van der Waals surface area contributed by atoms with Crippen molar-refractivity contribution in [2.45, 2.75) is 19.3 Å². The minimum atomic E-state index is 0.331. The molecule has 0 radical (unpaired) electrons. The lowest BCUT2D eigenvalue weighted by Crippen LogP contribution is -2.06. The Bertz CT molecular complexity index is 792. The molecule has 0 N–H and O–H groups in total. The highest BCUT2D eigenvalue weighted by molar-refractivity contribution is 6.16. The molecule has 0 aromatic carbocycles. The molecule has 6 nitrogen and oxygen atoms in total. The van der Waals surface area contributed by atoms with Crippen LogP contribution in [0.1, 0.15) is 17.1 Å². The van der Waals surface area contributed by atoms with Crippen LogP contribution in [0.4, 0.5) is 0 Å². The van der Waals surface area contributed by atoms with E-state index in [-0.39, 0.29) is 0 Å². The summed E-state index contributed by atoms with van der Waals surface area (Å²) in [6.45, 7) is 2.67. The van der Waals surface area contributed by atoms with Crippen molar-refractivity contribution in [1.29, 1.82) is 0 Å². The molecule has 0 amide bonds. The van der Waals surface area contributed by atoms with Gasteiger partial charge in [0.05, 0.1) is 25.7 Å². The van der Waals surface area contributed by atoms with E-state index in [1.54, 1.807) is 13.2 Å². The molecular weight excluding hydrogens is 290 g/mol. The van der Waals surface area contributed by atoms with Gasteiger partial charge in [-0.1, -0.05) is 0 Å². The fourth-order valence-corrected chi connectivity index (χ4v) is 2.49. The molecule has 21 heavy (non-hydrogen) atoms. The Balaban J connectivity index is 2.12. The van der Waals surface area contributed by atoms with Crippen molar-refractivity contribution in [3.8, 4) is 5.88 Å². The average molecular weight is 306 g/mol. The summed E-state index contributed by atoms with van der Waals surface area (Å²) in [6.07, 6.45) is 1.86. The number of methoxy groups -OCH3 is 1. The van der Waals surface area contributed by atoms with Gasteiger partial charge in [0.15, 0.2) is 5.65 Å². The molecule has 7 heteroatoms. The van der Waals surface area contributed by atoms with Gasteiger partial charge in [-0.25, -0.2) is 4.98 Å². The van der Waals surface area contributed by atoms with Gasteiger partial charge in [-0.15, -0.1) is 11.6 Å². The summed E-state index contributed by atoms with van der Waals surface area (Å²) in [7, 11) is 3.52. The zero-order chi connectivity index (χ0) is 15.0. The molecule has 110 valence electrons. The summed E-state index contributed by atoms with van der Waals surface area (Å²) >= 11 is 6.03. The van der Waals surface area contributed by atoms with Gasteiger partial charge in [0.25, 0.3) is 0 Å². The molecule has 0 spiro atoms. The van der Waals surface area contributed by atoms with Gasteiger partial charge < -0.3 is 9.30 Å². The van der Waals surface area contributed by atoms with E-state index in [0.717, 1.165) is 28.2 Å². The number of aryl methyl sites for hydroxylation is 1. The first-order valence-electron chi connectivity index (χ1n) is 6.57. The largest absolute Gasteiger partial charge is 0.481 e. The van der Waals surface area contributed by atoms with Gasteiger partial charge in [-0.2, -0.15) is 10.1 Å². The van der Waals surface area contributed by atoms with Crippen molar-refractivity contribution in [1.82, 2.24) is 24.3 Å². The van der Waals surface area contributed by atoms with Crippen LogP contribution in [0.3, 0.4) is 0 Å². The van der Waals surface area contributed by atoms with Crippen molar-refractivity contribution < 1.29 is 4.74 Å². The zero-order valence-corrected chi connectivity index (χ0v) is 12.9. The quantitative estimate of drug-likeness (QED) is 0.694. The number of nitrogens with zero attached hydrogens (tertiary/aromatic N) is 5. The van der Waals surface area contributed by atoms with Crippen LogP contribution in [0, 0.1) is 6.92 Å². The molecule has 3 aromatic heterocycles. The lowest BCUT2D eigenvalue weighted by molar-refractivity contribution is 0.399. The van der Waals surface area contributed by atoms with Crippen LogP contribution in [0.2, 0.25) is 0 Å². The molecule has 0 saturated heterocycles. The second-order valence-corrected chi connectivity index (χ2v) is 5.09. The van der Waals surface area contributed by atoms with Crippen LogP contribution < -0.4 is 4.74 Å². The Labute approximate surface area is 127 Å². The normalized spacial score (nSPS) is 11.2. The highest BCUT2D eigenvalue weighted by Gasteiger charge is 2.14. The van der Waals surface area contributed by atoms with E-state index >= 15 is 0 Å². The Morgan fingerprint density at radius 2 is 2.10 bits per heavy atom. The molecule has 0 unspecified atom stereocenters. The first-order valence-corrected chi connectivity index (χ1v) is 7.11. The lowest BCUT2D eigenvalue weighted by atomic mass is 10.2. The van der Waals surface area contributed by atoms with Crippen molar-refractivity contribution in [3.05, 3.63) is 35.4 Å². The number of hydrogen-bond acceptors (Lipinski definition) is 4. The second kappa shape index (κ2) is 5.37. The third kappa shape index (κ3) is 2.35. The molecule has 0 aliphatic rings. The predicted octanol–water partition coefficient (Wildman–Crippen LogP) is 2.27. The Hall–Kier alpha value is -2.08. The molecule has 3 rings (SSSR count). The van der Waals surface area contributed by atoms with Crippen LogP contribution in [-0.2, 0) is 19.5 Å². The summed E-state index contributed by atoms with van der Waals surface area (Å²) in [5, 5.41) is 4.27. The molecule has 3 aromatic rings. The van der Waals surface area contributed by atoms with Crippen molar-refractivity contribution in [3.63, 3.8) is 0 Å². The molecule has 0 bridgehead atoms. The highest BCUT2D eigenvalue weighted by atomic mass is 35.5. The molecule has 0 aliphatic heterocycles. The van der Waals surface area contributed by atoms with E-state index in [0.29, 0.717) is 18.3 Å². The minimum absolute atomic E-state index is 0.331. The summed E-state index contributed by atoms with van der Waals surface area (Å²) < 4.78 is 9.06. The molecule has 0 fully saturated rings. The van der Waals surface area contributed by atoms with E-state index in [1.165, 1.54) is 0 Å². The number of rotatable bonds is 4. The SMILES string of the molecule is COc1ccc2nc(CCl)n(Cc3cnn(C)c3C)c2n1. The van der Waals surface area contributed by atoms with Gasteiger partial charge in [-0.3, -0.25) is 4.68 Å². The topological polar surface area (TPSA) is 57.8 Å². The summed E-state index contributed by atoms with van der Waals surface area (Å²) in [4.78, 5) is 9.01. The molecule has 0 saturated carbocycles. The first kappa shape index (κ1) is 13.9. The third-order valence-corrected chi connectivity index (χ3v) is 3.88. The number of hydrogen-bond donors (Lipinski definition) is 0. The Morgan fingerprint density at radius 3 is 2.71 bits per heavy atom. The fourth-order valence-electron chi connectivity index (χ4n) is 2.28. The Kier molecular flexibility index (Phi) is 3.55. The van der Waals surface area contributed by atoms with E-state index in [2.05, 4.69) is 15.1 Å². The number of aromatic nitrogens is 5. The van der Waals surface area contributed by atoms with E-state index in [9.17, 15) is 0 Å². The van der Waals surface area contributed by atoms with Crippen LogP contribution >= 0.6 is 11.6 Å². The molecule has 3 heterocycles. The van der Waals surface area contributed by atoms with Crippen molar-refractivity contribution >= 4 is 22.8 Å². The third-order valence-electron chi connectivity index (χ3n) is 3.64. The first-order chi connectivity index (χ1) is 10.1. The molecular formula is C14H16ClN5O. The summed E-state index contributed by atoms with van der Waals surface area (Å²) in [5.74, 6) is 1.68. The average Bonchev–Trinajstić information content (AvgIpc) is 3.01. The number of fused-ring (bicyclic) bond motifs is 1. The fraction of sp³-hybridized carbons (Fsp3) is 0.357. The molecule has 0 atom stereocenters. The standard InChI is InChI=1S/C14H16ClN5O/c1-9-10(7-16-19(9)2)8-20-12(6-15)17-11-4-5-13(21-3)18-14(11)20/h4-5,7H,6,8H2,1-3H3. The van der Waals surface area contributed by atoms with E-state index < -0.39 is 0 Å². The predicted molar refractivity (Wildman–Crippen MR) is 80.7 cm³/mol. The number of pyridine rings is 1. The number of ether oxygens (including phenoxy) is 1. The second-order valence-electron chi connectivity index (χ2n) is 4.82. The van der Waals surface area contributed by atoms with Crippen LogP contribution in [0.25, 0.3) is 11.2 Å². The van der Waals surface area contributed by atoms with Gasteiger partial charge >= 0.3 is 0 Å². The van der Waals surface area contributed by atoms with E-state index in [4.69, 9.17) is 16.3 Å². The van der Waals surface area contributed by atoms with Crippen molar-refractivity contribution in [2.75, 3.05) is 7.11 Å². The van der Waals surface area contributed by atoms with Crippen LogP contribution in [-0.4, -0.2) is 31.4 Å². The zero-order valence-electron chi connectivity index (χ0n) is 12.2. The monoisotopic (exact) mass is 305 g/mol. The van der Waals surface area contributed by atoms with Crippen LogP contribution in [0.5, 0.6) is 5.88 Å².